The molecule has 1 aliphatic rings. The average molecular weight is 334 g/mol. The molecule has 0 unspecified atom stereocenters. The summed E-state index contributed by atoms with van der Waals surface area (Å²) in [7, 11) is 0. The molecule has 124 valence electrons. The minimum atomic E-state index is -4.70. The molecule has 1 fully saturated rings. The highest BCUT2D eigenvalue weighted by atomic mass is 19.4. The number of hydrogen-bond donors (Lipinski definition) is 1. The fraction of sp³-hybridized carbons (Fsp3) is 0.250. The second kappa shape index (κ2) is 5.48. The van der Waals surface area contributed by atoms with Gasteiger partial charge in [-0.05, 0) is 36.4 Å². The van der Waals surface area contributed by atoms with E-state index in [0.29, 0.717) is 17.3 Å². The Morgan fingerprint density at radius 1 is 1.12 bits per heavy atom. The molecule has 0 bridgehead atoms. The lowest BCUT2D eigenvalue weighted by atomic mass is 9.97. The molecular weight excluding hydrogens is 321 g/mol. The van der Waals surface area contributed by atoms with E-state index in [1.807, 2.05) is 12.1 Å². The third-order valence-corrected chi connectivity index (χ3v) is 3.95. The molecule has 3 heterocycles. The van der Waals surface area contributed by atoms with Gasteiger partial charge in [-0.2, -0.15) is 5.10 Å². The largest absolute Gasteiger partial charge is 0.573 e. The lowest BCUT2D eigenvalue weighted by Gasteiger charge is -2.25. The third-order valence-electron chi connectivity index (χ3n) is 3.95. The van der Waals surface area contributed by atoms with Crippen LogP contribution in [-0.4, -0.2) is 34.2 Å². The predicted octanol–water partition coefficient (Wildman–Crippen LogP) is 3.01. The standard InChI is InChI=1S/C16H13F3N4O/c17-16(18,19)24-12-5-3-11(4-6-12)23-15-13(2-1-7-21-15)14(22-23)10-8-20-9-10/h1-7,10,20H,8-9H2. The van der Waals surface area contributed by atoms with Crippen molar-refractivity contribution in [1.29, 1.82) is 0 Å². The van der Waals surface area contributed by atoms with Gasteiger partial charge in [-0.15, -0.1) is 13.2 Å². The Labute approximate surface area is 135 Å². The molecule has 4 rings (SSSR count). The molecule has 8 heteroatoms. The number of fused-ring (bicyclic) bond motifs is 1. The van der Waals surface area contributed by atoms with Gasteiger partial charge in [0.15, 0.2) is 5.65 Å². The number of pyridine rings is 1. The van der Waals surface area contributed by atoms with Crippen molar-refractivity contribution in [1.82, 2.24) is 20.1 Å². The first-order chi connectivity index (χ1) is 11.5. The zero-order valence-electron chi connectivity index (χ0n) is 12.4. The van der Waals surface area contributed by atoms with E-state index in [1.165, 1.54) is 24.3 Å². The molecule has 0 aliphatic carbocycles. The summed E-state index contributed by atoms with van der Waals surface area (Å²) in [5, 5.41) is 8.80. The van der Waals surface area contributed by atoms with E-state index in [0.717, 1.165) is 24.2 Å². The number of hydrogen-bond acceptors (Lipinski definition) is 4. The van der Waals surface area contributed by atoms with Gasteiger partial charge in [-0.1, -0.05) is 0 Å². The maximum Gasteiger partial charge on any atom is 0.573 e. The Kier molecular flexibility index (Phi) is 3.42. The van der Waals surface area contributed by atoms with Crippen LogP contribution in [0.5, 0.6) is 5.75 Å². The van der Waals surface area contributed by atoms with Gasteiger partial charge in [0.1, 0.15) is 5.75 Å². The average Bonchev–Trinajstić information content (AvgIpc) is 2.85. The molecule has 5 nitrogen and oxygen atoms in total. The van der Waals surface area contributed by atoms with E-state index in [9.17, 15) is 13.2 Å². The molecule has 0 saturated carbocycles. The molecule has 0 radical (unpaired) electrons. The zero-order chi connectivity index (χ0) is 16.7. The van der Waals surface area contributed by atoms with Gasteiger partial charge in [0, 0.05) is 30.6 Å². The van der Waals surface area contributed by atoms with Crippen molar-refractivity contribution in [2.75, 3.05) is 13.1 Å². The molecule has 24 heavy (non-hydrogen) atoms. The number of halogens is 3. The van der Waals surface area contributed by atoms with E-state index < -0.39 is 6.36 Å². The highest BCUT2D eigenvalue weighted by Crippen LogP contribution is 2.29. The summed E-state index contributed by atoms with van der Waals surface area (Å²) in [6.45, 7) is 1.72. The molecule has 2 aromatic heterocycles. The van der Waals surface area contributed by atoms with Crippen molar-refractivity contribution < 1.29 is 17.9 Å². The molecule has 1 aliphatic heterocycles. The van der Waals surface area contributed by atoms with Crippen molar-refractivity contribution in [3.8, 4) is 11.4 Å². The number of benzene rings is 1. The molecule has 0 atom stereocenters. The number of rotatable bonds is 3. The fourth-order valence-electron chi connectivity index (χ4n) is 2.73. The number of nitrogens with zero attached hydrogens (tertiary/aromatic N) is 3. The predicted molar refractivity (Wildman–Crippen MR) is 81.2 cm³/mol. The summed E-state index contributed by atoms with van der Waals surface area (Å²) in [6.07, 6.45) is -3.03. The van der Waals surface area contributed by atoms with Crippen LogP contribution in [0, 0.1) is 0 Å². The number of aromatic nitrogens is 3. The van der Waals surface area contributed by atoms with E-state index in [2.05, 4.69) is 20.1 Å². The summed E-state index contributed by atoms with van der Waals surface area (Å²) in [4.78, 5) is 4.37. The van der Waals surface area contributed by atoms with Crippen molar-refractivity contribution >= 4 is 11.0 Å². The normalized spacial score (nSPS) is 15.5. The Morgan fingerprint density at radius 2 is 1.88 bits per heavy atom. The van der Waals surface area contributed by atoms with Crippen LogP contribution in [0.4, 0.5) is 13.2 Å². The fourth-order valence-corrected chi connectivity index (χ4v) is 2.73. The third kappa shape index (κ3) is 2.69. The summed E-state index contributed by atoms with van der Waals surface area (Å²) in [5.74, 6) is 0.0601. The van der Waals surface area contributed by atoms with Gasteiger partial charge in [0.25, 0.3) is 0 Å². The van der Waals surface area contributed by atoms with Gasteiger partial charge in [-0.3, -0.25) is 0 Å². The zero-order valence-corrected chi connectivity index (χ0v) is 12.4. The highest BCUT2D eigenvalue weighted by molar-refractivity contribution is 5.80. The van der Waals surface area contributed by atoms with Crippen LogP contribution >= 0.6 is 0 Å². The van der Waals surface area contributed by atoms with Crippen LogP contribution in [0.1, 0.15) is 11.6 Å². The summed E-state index contributed by atoms with van der Waals surface area (Å²) >= 11 is 0. The molecular formula is C16H13F3N4O. The van der Waals surface area contributed by atoms with Gasteiger partial charge >= 0.3 is 6.36 Å². The van der Waals surface area contributed by atoms with Crippen LogP contribution in [0.2, 0.25) is 0 Å². The van der Waals surface area contributed by atoms with Crippen LogP contribution in [0.3, 0.4) is 0 Å². The van der Waals surface area contributed by atoms with Gasteiger partial charge < -0.3 is 10.1 Å². The van der Waals surface area contributed by atoms with Crippen LogP contribution in [0.25, 0.3) is 16.7 Å². The van der Waals surface area contributed by atoms with Crippen molar-refractivity contribution in [2.24, 2.45) is 0 Å². The minimum absolute atomic E-state index is 0.265. The van der Waals surface area contributed by atoms with E-state index in [1.54, 1.807) is 10.9 Å². The molecule has 1 aromatic carbocycles. The Morgan fingerprint density at radius 3 is 2.50 bits per heavy atom. The van der Waals surface area contributed by atoms with Crippen molar-refractivity contribution in [2.45, 2.75) is 12.3 Å². The first-order valence-electron chi connectivity index (χ1n) is 7.42. The first-order valence-corrected chi connectivity index (χ1v) is 7.42. The minimum Gasteiger partial charge on any atom is -0.406 e. The number of nitrogens with one attached hydrogen (secondary N) is 1. The maximum atomic E-state index is 12.3. The smallest absolute Gasteiger partial charge is 0.406 e. The van der Waals surface area contributed by atoms with E-state index in [-0.39, 0.29) is 5.75 Å². The van der Waals surface area contributed by atoms with Gasteiger partial charge in [-0.25, -0.2) is 9.67 Å². The molecule has 1 saturated heterocycles. The van der Waals surface area contributed by atoms with E-state index >= 15 is 0 Å². The summed E-state index contributed by atoms with van der Waals surface area (Å²) < 4.78 is 42.3. The molecule has 3 aromatic rings. The Balaban J connectivity index is 1.73. The monoisotopic (exact) mass is 334 g/mol. The molecule has 0 amide bonds. The highest BCUT2D eigenvalue weighted by Gasteiger charge is 2.31. The second-order valence-corrected chi connectivity index (χ2v) is 5.57. The quantitative estimate of drug-likeness (QED) is 0.800. The Bertz CT molecular complexity index is 869. The van der Waals surface area contributed by atoms with E-state index in [4.69, 9.17) is 0 Å². The van der Waals surface area contributed by atoms with Crippen molar-refractivity contribution in [3.05, 3.63) is 48.3 Å². The molecule has 1 N–H and O–H groups in total. The first kappa shape index (κ1) is 14.9. The van der Waals surface area contributed by atoms with Crippen LogP contribution in [0.15, 0.2) is 42.6 Å². The Hall–Kier alpha value is -2.61. The van der Waals surface area contributed by atoms with Gasteiger partial charge in [0.2, 0.25) is 0 Å². The topological polar surface area (TPSA) is 52.0 Å². The maximum absolute atomic E-state index is 12.3. The SMILES string of the molecule is FC(F)(F)Oc1ccc(-n2nc(C3CNC3)c3cccnc32)cc1. The van der Waals surface area contributed by atoms with Crippen molar-refractivity contribution in [3.63, 3.8) is 0 Å². The molecule has 0 spiro atoms. The summed E-state index contributed by atoms with van der Waals surface area (Å²) in [6, 6.07) is 9.41. The van der Waals surface area contributed by atoms with Crippen LogP contribution in [-0.2, 0) is 0 Å². The summed E-state index contributed by atoms with van der Waals surface area (Å²) in [5.41, 5.74) is 2.27. The number of ether oxygens (including phenoxy) is 1. The lowest BCUT2D eigenvalue weighted by molar-refractivity contribution is -0.274. The number of alkyl halides is 3. The van der Waals surface area contributed by atoms with Gasteiger partial charge in [0.05, 0.1) is 11.4 Å². The second-order valence-electron chi connectivity index (χ2n) is 5.57. The lowest BCUT2D eigenvalue weighted by Crippen LogP contribution is -2.40. The van der Waals surface area contributed by atoms with Crippen LogP contribution < -0.4 is 10.1 Å².